The first-order valence-electron chi connectivity index (χ1n) is 8.90. The molecular formula is C17H34N2O6. The second-order valence-electron chi connectivity index (χ2n) is 5.47. The van der Waals surface area contributed by atoms with E-state index < -0.39 is 0 Å². The van der Waals surface area contributed by atoms with Gasteiger partial charge in [0, 0.05) is 53.4 Å². The van der Waals surface area contributed by atoms with Crippen molar-refractivity contribution in [3.63, 3.8) is 0 Å². The van der Waals surface area contributed by atoms with E-state index >= 15 is 0 Å². The number of ether oxygens (including phenoxy) is 4. The van der Waals surface area contributed by atoms with Crippen LogP contribution in [-0.2, 0) is 28.5 Å². The van der Waals surface area contributed by atoms with Crippen LogP contribution in [0.2, 0.25) is 0 Å². The van der Waals surface area contributed by atoms with Gasteiger partial charge in [0.2, 0.25) is 11.8 Å². The monoisotopic (exact) mass is 362 g/mol. The molecule has 0 heterocycles. The van der Waals surface area contributed by atoms with Gasteiger partial charge in [0.15, 0.2) is 0 Å². The molecule has 0 spiro atoms. The van der Waals surface area contributed by atoms with E-state index in [-0.39, 0.29) is 11.8 Å². The first kappa shape index (κ1) is 23.8. The van der Waals surface area contributed by atoms with Gasteiger partial charge < -0.3 is 29.6 Å². The number of carbonyl (C=O) groups is 2. The van der Waals surface area contributed by atoms with Crippen molar-refractivity contribution in [2.75, 3.05) is 66.4 Å². The number of rotatable bonds is 18. The Labute approximate surface area is 150 Å². The average Bonchev–Trinajstić information content (AvgIpc) is 2.58. The van der Waals surface area contributed by atoms with Gasteiger partial charge in [-0.2, -0.15) is 0 Å². The zero-order valence-electron chi connectivity index (χ0n) is 15.6. The Bertz CT molecular complexity index is 328. The van der Waals surface area contributed by atoms with Gasteiger partial charge in [-0.05, 0) is 19.3 Å². The van der Waals surface area contributed by atoms with Crippen LogP contribution in [0.5, 0.6) is 0 Å². The maximum absolute atomic E-state index is 11.4. The Hall–Kier alpha value is -1.22. The lowest BCUT2D eigenvalue weighted by atomic mass is 10.3. The van der Waals surface area contributed by atoms with Crippen LogP contribution in [-0.4, -0.2) is 78.3 Å². The first-order chi connectivity index (χ1) is 12.2. The summed E-state index contributed by atoms with van der Waals surface area (Å²) in [7, 11) is 1.63. The van der Waals surface area contributed by atoms with Gasteiger partial charge in [-0.3, -0.25) is 9.59 Å². The predicted molar refractivity (Wildman–Crippen MR) is 94.5 cm³/mol. The number of hydrogen-bond donors (Lipinski definition) is 2. The molecule has 0 aromatic rings. The molecule has 8 nitrogen and oxygen atoms in total. The molecule has 25 heavy (non-hydrogen) atoms. The molecule has 0 saturated carbocycles. The topological polar surface area (TPSA) is 95.1 Å². The zero-order chi connectivity index (χ0) is 18.6. The number of methoxy groups -OCH3 is 1. The summed E-state index contributed by atoms with van der Waals surface area (Å²) in [6.07, 6.45) is 2.83. The molecular weight excluding hydrogens is 328 g/mol. The number of amides is 2. The van der Waals surface area contributed by atoms with Crippen molar-refractivity contribution in [2.45, 2.75) is 32.6 Å². The standard InChI is InChI=1S/C17H34N2O6/c1-16(20)18-7-4-10-23-12-14-25-15-13-24-11-5-8-19-17(21)6-3-9-22-2/h3-15H2,1-2H3,(H,18,20)(H,19,21). The van der Waals surface area contributed by atoms with Crippen LogP contribution in [0.1, 0.15) is 32.6 Å². The SMILES string of the molecule is COCCCC(=O)NCCCOCCOCCOCCCNC(C)=O. The van der Waals surface area contributed by atoms with Crippen molar-refractivity contribution in [3.05, 3.63) is 0 Å². The molecule has 0 bridgehead atoms. The predicted octanol–water partition coefficient (Wildman–Crippen LogP) is 0.495. The van der Waals surface area contributed by atoms with Crippen molar-refractivity contribution in [1.29, 1.82) is 0 Å². The first-order valence-corrected chi connectivity index (χ1v) is 8.90. The third-order valence-electron chi connectivity index (χ3n) is 3.12. The lowest BCUT2D eigenvalue weighted by molar-refractivity contribution is -0.121. The minimum atomic E-state index is -0.0206. The van der Waals surface area contributed by atoms with Gasteiger partial charge in [0.25, 0.3) is 0 Å². The summed E-state index contributed by atoms with van der Waals surface area (Å²) >= 11 is 0. The minimum Gasteiger partial charge on any atom is -0.385 e. The highest BCUT2D eigenvalue weighted by molar-refractivity contribution is 5.75. The van der Waals surface area contributed by atoms with E-state index in [9.17, 15) is 9.59 Å². The molecule has 0 fully saturated rings. The summed E-state index contributed by atoms with van der Waals surface area (Å²) in [4.78, 5) is 22.0. The molecule has 0 saturated heterocycles. The van der Waals surface area contributed by atoms with Crippen molar-refractivity contribution in [2.24, 2.45) is 0 Å². The molecule has 0 aliphatic carbocycles. The van der Waals surface area contributed by atoms with Gasteiger partial charge in [-0.15, -0.1) is 0 Å². The molecule has 0 aliphatic heterocycles. The third-order valence-corrected chi connectivity index (χ3v) is 3.12. The maximum atomic E-state index is 11.4. The van der Waals surface area contributed by atoms with E-state index in [1.165, 1.54) is 6.92 Å². The van der Waals surface area contributed by atoms with Gasteiger partial charge in [0.1, 0.15) is 0 Å². The van der Waals surface area contributed by atoms with E-state index in [2.05, 4.69) is 10.6 Å². The lowest BCUT2D eigenvalue weighted by Crippen LogP contribution is -2.25. The summed E-state index contributed by atoms with van der Waals surface area (Å²) in [6.45, 7) is 6.70. The molecule has 148 valence electrons. The molecule has 0 aliphatic rings. The van der Waals surface area contributed by atoms with Crippen molar-refractivity contribution < 1.29 is 28.5 Å². The van der Waals surface area contributed by atoms with E-state index in [1.807, 2.05) is 0 Å². The maximum Gasteiger partial charge on any atom is 0.220 e. The van der Waals surface area contributed by atoms with Crippen molar-refractivity contribution in [1.82, 2.24) is 10.6 Å². The summed E-state index contributed by atoms with van der Waals surface area (Å²) < 4.78 is 21.1. The number of nitrogens with one attached hydrogen (secondary N) is 2. The largest absolute Gasteiger partial charge is 0.385 e. The average molecular weight is 362 g/mol. The third kappa shape index (κ3) is 20.7. The fraction of sp³-hybridized carbons (Fsp3) is 0.882. The van der Waals surface area contributed by atoms with Crippen LogP contribution in [0.3, 0.4) is 0 Å². The van der Waals surface area contributed by atoms with Gasteiger partial charge in [-0.25, -0.2) is 0 Å². The molecule has 0 radical (unpaired) electrons. The van der Waals surface area contributed by atoms with Gasteiger partial charge in [-0.1, -0.05) is 0 Å². The van der Waals surface area contributed by atoms with Crippen LogP contribution in [0.15, 0.2) is 0 Å². The van der Waals surface area contributed by atoms with Crippen molar-refractivity contribution in [3.8, 4) is 0 Å². The molecule has 0 unspecified atom stereocenters. The number of carbonyl (C=O) groups excluding carboxylic acids is 2. The number of hydrogen-bond acceptors (Lipinski definition) is 6. The van der Waals surface area contributed by atoms with Crippen LogP contribution in [0, 0.1) is 0 Å². The van der Waals surface area contributed by atoms with E-state index in [4.69, 9.17) is 18.9 Å². The van der Waals surface area contributed by atoms with E-state index in [0.29, 0.717) is 65.8 Å². The second kappa shape index (κ2) is 19.1. The Morgan fingerprint density at radius 3 is 1.76 bits per heavy atom. The lowest BCUT2D eigenvalue weighted by Gasteiger charge is -2.08. The normalized spacial score (nSPS) is 10.6. The van der Waals surface area contributed by atoms with Crippen LogP contribution in [0.25, 0.3) is 0 Å². The quantitative estimate of drug-likeness (QED) is 0.345. The van der Waals surface area contributed by atoms with E-state index in [1.54, 1.807) is 7.11 Å². The molecule has 0 aromatic carbocycles. The smallest absolute Gasteiger partial charge is 0.220 e. The summed E-state index contributed by atoms with van der Waals surface area (Å²) in [5.74, 6) is 0.0326. The Kier molecular flexibility index (Phi) is 18.2. The van der Waals surface area contributed by atoms with Crippen LogP contribution < -0.4 is 10.6 Å². The summed E-state index contributed by atoms with van der Waals surface area (Å²) in [5.41, 5.74) is 0. The Balaban J connectivity index is 3.09. The summed E-state index contributed by atoms with van der Waals surface area (Å²) in [6, 6.07) is 0. The molecule has 2 amide bonds. The highest BCUT2D eigenvalue weighted by Gasteiger charge is 1.99. The minimum absolute atomic E-state index is 0.0206. The zero-order valence-corrected chi connectivity index (χ0v) is 15.6. The van der Waals surface area contributed by atoms with Crippen LogP contribution >= 0.6 is 0 Å². The molecule has 0 atom stereocenters. The van der Waals surface area contributed by atoms with Crippen LogP contribution in [0.4, 0.5) is 0 Å². The van der Waals surface area contributed by atoms with Crippen molar-refractivity contribution >= 4 is 11.8 Å². The Morgan fingerprint density at radius 1 is 0.720 bits per heavy atom. The molecule has 2 N–H and O–H groups in total. The highest BCUT2D eigenvalue weighted by Crippen LogP contribution is 1.90. The molecule has 0 aromatic heterocycles. The Morgan fingerprint density at radius 2 is 1.24 bits per heavy atom. The van der Waals surface area contributed by atoms with Gasteiger partial charge in [0.05, 0.1) is 26.4 Å². The fourth-order valence-electron chi connectivity index (χ4n) is 1.85. The second-order valence-corrected chi connectivity index (χ2v) is 5.47. The highest BCUT2D eigenvalue weighted by atomic mass is 16.5. The molecule has 8 heteroatoms. The van der Waals surface area contributed by atoms with E-state index in [0.717, 1.165) is 19.3 Å². The molecule has 0 rings (SSSR count). The summed E-state index contributed by atoms with van der Waals surface area (Å²) in [5, 5.41) is 5.55. The fourth-order valence-corrected chi connectivity index (χ4v) is 1.85. The van der Waals surface area contributed by atoms with Gasteiger partial charge >= 0.3 is 0 Å².